The smallest absolute Gasteiger partial charge is 0.258 e. The molecule has 0 aliphatic carbocycles. The molecule has 1 aliphatic heterocycles. The molecule has 5 heteroatoms. The normalized spacial score (nSPS) is 14.7. The van der Waals surface area contributed by atoms with Gasteiger partial charge >= 0.3 is 0 Å². The van der Waals surface area contributed by atoms with Crippen LogP contribution in [0.15, 0.2) is 54.6 Å². The number of carbonyl (C=O) groups is 2. The minimum atomic E-state index is -0.142. The summed E-state index contributed by atoms with van der Waals surface area (Å²) in [4.78, 5) is 24.2. The van der Waals surface area contributed by atoms with E-state index in [-0.39, 0.29) is 24.3 Å². The number of nitrogens with one attached hydrogen (secondary N) is 1. The molecule has 25 heavy (non-hydrogen) atoms. The molecule has 3 rings (SSSR count). The van der Waals surface area contributed by atoms with Gasteiger partial charge in [-0.1, -0.05) is 30.3 Å². The molecule has 0 aromatic heterocycles. The van der Waals surface area contributed by atoms with E-state index in [0.717, 1.165) is 12.8 Å². The number of rotatable bonds is 6. The van der Waals surface area contributed by atoms with E-state index >= 15 is 0 Å². The Morgan fingerprint density at radius 2 is 1.60 bits per heavy atom. The second kappa shape index (κ2) is 8.44. The van der Waals surface area contributed by atoms with E-state index in [4.69, 9.17) is 9.47 Å². The van der Waals surface area contributed by atoms with Gasteiger partial charge in [0, 0.05) is 30.4 Å². The average molecular weight is 339 g/mol. The van der Waals surface area contributed by atoms with Gasteiger partial charge in [0.15, 0.2) is 12.4 Å². The van der Waals surface area contributed by atoms with Gasteiger partial charge in [0.1, 0.15) is 5.75 Å². The van der Waals surface area contributed by atoms with E-state index in [2.05, 4.69) is 5.32 Å². The molecule has 0 atom stereocenters. The Hall–Kier alpha value is -2.66. The summed E-state index contributed by atoms with van der Waals surface area (Å²) in [7, 11) is 0. The van der Waals surface area contributed by atoms with Gasteiger partial charge in [-0.3, -0.25) is 9.59 Å². The molecule has 1 amide bonds. The number of ether oxygens (including phenoxy) is 2. The van der Waals surface area contributed by atoms with E-state index in [1.807, 2.05) is 18.2 Å². The van der Waals surface area contributed by atoms with Gasteiger partial charge in [-0.15, -0.1) is 0 Å². The number of carbonyl (C=O) groups excluding carboxylic acids is 2. The van der Waals surface area contributed by atoms with E-state index in [1.54, 1.807) is 36.4 Å². The maximum absolute atomic E-state index is 12.3. The van der Waals surface area contributed by atoms with Crippen LogP contribution in [0.4, 0.5) is 0 Å². The fourth-order valence-corrected chi connectivity index (χ4v) is 2.72. The summed E-state index contributed by atoms with van der Waals surface area (Å²) in [5.41, 5.74) is 1.23. The number of hydrogen-bond acceptors (Lipinski definition) is 4. The second-order valence-corrected chi connectivity index (χ2v) is 5.96. The first-order chi connectivity index (χ1) is 12.2. The molecule has 1 fully saturated rings. The molecule has 0 spiro atoms. The van der Waals surface area contributed by atoms with Gasteiger partial charge in [0.05, 0.1) is 0 Å². The first-order valence-corrected chi connectivity index (χ1v) is 8.42. The lowest BCUT2D eigenvalue weighted by Crippen LogP contribution is -2.41. The van der Waals surface area contributed by atoms with Gasteiger partial charge < -0.3 is 14.8 Å². The largest absolute Gasteiger partial charge is 0.484 e. The fraction of sp³-hybridized carbons (Fsp3) is 0.300. The molecular formula is C20H21NO4. The highest BCUT2D eigenvalue weighted by atomic mass is 16.5. The Morgan fingerprint density at radius 3 is 2.28 bits per heavy atom. The van der Waals surface area contributed by atoms with Crippen molar-refractivity contribution in [3.63, 3.8) is 0 Å². The molecule has 2 aromatic carbocycles. The molecule has 0 saturated carbocycles. The zero-order chi connectivity index (χ0) is 17.5. The number of benzene rings is 2. The minimum absolute atomic E-state index is 0.0376. The monoisotopic (exact) mass is 339 g/mol. The van der Waals surface area contributed by atoms with Crippen molar-refractivity contribution in [1.82, 2.24) is 5.32 Å². The van der Waals surface area contributed by atoms with Crippen LogP contribution < -0.4 is 10.1 Å². The number of hydrogen-bond donors (Lipinski definition) is 1. The van der Waals surface area contributed by atoms with E-state index in [0.29, 0.717) is 30.1 Å². The fourth-order valence-electron chi connectivity index (χ4n) is 2.72. The lowest BCUT2D eigenvalue weighted by Gasteiger charge is -2.23. The van der Waals surface area contributed by atoms with Crippen LogP contribution in [-0.4, -0.2) is 37.6 Å². The summed E-state index contributed by atoms with van der Waals surface area (Å²) in [6.07, 6.45) is 1.67. The molecule has 130 valence electrons. The first-order valence-electron chi connectivity index (χ1n) is 8.42. The number of amides is 1. The molecule has 2 aromatic rings. The standard InChI is InChI=1S/C20H21NO4/c22-19(21-17-10-12-24-13-11-17)14-25-18-8-6-16(7-9-18)20(23)15-4-2-1-3-5-15/h1-9,17H,10-14H2,(H,21,22). The maximum Gasteiger partial charge on any atom is 0.258 e. The van der Waals surface area contributed by atoms with Gasteiger partial charge in [-0.2, -0.15) is 0 Å². The molecule has 5 nitrogen and oxygen atoms in total. The SMILES string of the molecule is O=C(COc1ccc(C(=O)c2ccccc2)cc1)NC1CCOCC1. The van der Waals surface area contributed by atoms with Crippen LogP contribution in [0.2, 0.25) is 0 Å². The van der Waals surface area contributed by atoms with Crippen molar-refractivity contribution >= 4 is 11.7 Å². The van der Waals surface area contributed by atoms with Crippen LogP contribution in [0.1, 0.15) is 28.8 Å². The molecule has 0 bridgehead atoms. The van der Waals surface area contributed by atoms with E-state index in [1.165, 1.54) is 0 Å². The quantitative estimate of drug-likeness (QED) is 0.822. The summed E-state index contributed by atoms with van der Waals surface area (Å²) in [5, 5.41) is 2.94. The van der Waals surface area contributed by atoms with Crippen molar-refractivity contribution in [3.05, 3.63) is 65.7 Å². The predicted octanol–water partition coefficient (Wildman–Crippen LogP) is 2.59. The van der Waals surface area contributed by atoms with Crippen molar-refractivity contribution in [1.29, 1.82) is 0 Å². The van der Waals surface area contributed by atoms with Gasteiger partial charge in [0.2, 0.25) is 0 Å². The molecule has 0 radical (unpaired) electrons. The van der Waals surface area contributed by atoms with E-state index in [9.17, 15) is 9.59 Å². The summed E-state index contributed by atoms with van der Waals surface area (Å²) < 4.78 is 10.8. The van der Waals surface area contributed by atoms with Crippen LogP contribution in [-0.2, 0) is 9.53 Å². The zero-order valence-corrected chi connectivity index (χ0v) is 13.9. The first kappa shape index (κ1) is 17.2. The molecule has 1 saturated heterocycles. The van der Waals surface area contributed by atoms with Crippen LogP contribution in [0.3, 0.4) is 0 Å². The molecule has 0 unspecified atom stereocenters. The van der Waals surface area contributed by atoms with Crippen molar-refractivity contribution in [2.45, 2.75) is 18.9 Å². The van der Waals surface area contributed by atoms with Crippen LogP contribution in [0.5, 0.6) is 5.75 Å². The maximum atomic E-state index is 12.3. The Bertz CT molecular complexity index is 706. The van der Waals surface area contributed by atoms with Crippen molar-refractivity contribution in [3.8, 4) is 5.75 Å². The molecule has 1 N–H and O–H groups in total. The second-order valence-electron chi connectivity index (χ2n) is 5.96. The van der Waals surface area contributed by atoms with Crippen molar-refractivity contribution in [2.75, 3.05) is 19.8 Å². The van der Waals surface area contributed by atoms with Crippen molar-refractivity contribution in [2.24, 2.45) is 0 Å². The summed E-state index contributed by atoms with van der Waals surface area (Å²) in [6, 6.07) is 16.1. The third-order valence-electron chi connectivity index (χ3n) is 4.11. The lowest BCUT2D eigenvalue weighted by atomic mass is 10.0. The summed E-state index contributed by atoms with van der Waals surface area (Å²) in [5.74, 6) is 0.382. The Morgan fingerprint density at radius 1 is 0.960 bits per heavy atom. The molecular weight excluding hydrogens is 318 g/mol. The summed E-state index contributed by atoms with van der Waals surface area (Å²) in [6.45, 7) is 1.33. The van der Waals surface area contributed by atoms with Crippen LogP contribution in [0.25, 0.3) is 0 Å². The van der Waals surface area contributed by atoms with E-state index < -0.39 is 0 Å². The topological polar surface area (TPSA) is 64.6 Å². The highest BCUT2D eigenvalue weighted by Gasteiger charge is 2.16. The average Bonchev–Trinajstić information content (AvgIpc) is 2.68. The Kier molecular flexibility index (Phi) is 5.80. The Labute approximate surface area is 147 Å². The van der Waals surface area contributed by atoms with Crippen LogP contribution >= 0.6 is 0 Å². The van der Waals surface area contributed by atoms with Crippen molar-refractivity contribution < 1.29 is 19.1 Å². The van der Waals surface area contributed by atoms with Gasteiger partial charge in [-0.25, -0.2) is 0 Å². The van der Waals surface area contributed by atoms with Gasteiger partial charge in [0.25, 0.3) is 5.91 Å². The highest BCUT2D eigenvalue weighted by molar-refractivity contribution is 6.08. The third kappa shape index (κ3) is 4.90. The van der Waals surface area contributed by atoms with Crippen LogP contribution in [0, 0.1) is 0 Å². The highest BCUT2D eigenvalue weighted by Crippen LogP contribution is 2.15. The molecule has 1 heterocycles. The zero-order valence-electron chi connectivity index (χ0n) is 13.9. The third-order valence-corrected chi connectivity index (χ3v) is 4.11. The minimum Gasteiger partial charge on any atom is -0.484 e. The lowest BCUT2D eigenvalue weighted by molar-refractivity contribution is -0.124. The van der Waals surface area contributed by atoms with Gasteiger partial charge in [-0.05, 0) is 37.1 Å². The molecule has 1 aliphatic rings. The summed E-state index contributed by atoms with van der Waals surface area (Å²) >= 11 is 0. The predicted molar refractivity (Wildman–Crippen MR) is 93.8 cm³/mol. The number of ketones is 1. The Balaban J connectivity index is 1.50.